The fraction of sp³-hybridized carbons (Fsp3) is 0.118. The van der Waals surface area contributed by atoms with Crippen molar-refractivity contribution in [1.82, 2.24) is 4.98 Å². The molecule has 1 heteroatoms. The van der Waals surface area contributed by atoms with Crippen LogP contribution in [0.25, 0.3) is 87.7 Å². The first-order valence-electron chi connectivity index (χ1n) is 18.8. The molecule has 9 aromatic rings. The van der Waals surface area contributed by atoms with E-state index in [9.17, 15) is 0 Å². The average molecular weight is 666 g/mol. The maximum atomic E-state index is 4.80. The second kappa shape index (κ2) is 12.9. The summed E-state index contributed by atoms with van der Waals surface area (Å²) < 4.78 is 0. The molecular weight excluding hydrogens is 627 g/mol. The van der Waals surface area contributed by atoms with E-state index in [1.165, 1.54) is 109 Å². The van der Waals surface area contributed by atoms with Crippen molar-refractivity contribution < 1.29 is 0 Å². The molecular formula is C51H39N. The molecule has 0 unspecified atom stereocenters. The van der Waals surface area contributed by atoms with Gasteiger partial charge in [0, 0.05) is 11.8 Å². The molecule has 248 valence electrons. The lowest BCUT2D eigenvalue weighted by Gasteiger charge is -2.25. The molecule has 0 N–H and O–H groups in total. The molecule has 1 aliphatic carbocycles. The van der Waals surface area contributed by atoms with Gasteiger partial charge in [-0.1, -0.05) is 159 Å². The Bertz CT molecular complexity index is 2730. The largest absolute Gasteiger partial charge is 0.256 e. The number of fused-ring (bicyclic) bond motifs is 4. The maximum absolute atomic E-state index is 4.80. The summed E-state index contributed by atoms with van der Waals surface area (Å²) in [4.78, 5) is 4.80. The van der Waals surface area contributed by atoms with Crippen LogP contribution in [0.15, 0.2) is 170 Å². The quantitative estimate of drug-likeness (QED) is 0.167. The van der Waals surface area contributed by atoms with Crippen LogP contribution in [0.3, 0.4) is 0 Å². The van der Waals surface area contributed by atoms with E-state index in [1.807, 2.05) is 6.20 Å². The third kappa shape index (κ3) is 5.28. The lowest BCUT2D eigenvalue weighted by atomic mass is 9.79. The number of nitrogens with zero attached hydrogens (tertiary/aromatic N) is 1. The maximum Gasteiger partial charge on any atom is 0.0708 e. The Balaban J connectivity index is 1.14. The summed E-state index contributed by atoms with van der Waals surface area (Å²) in [5.41, 5.74) is 11.1. The van der Waals surface area contributed by atoms with Crippen molar-refractivity contribution in [2.75, 3.05) is 0 Å². The number of rotatable bonds is 5. The van der Waals surface area contributed by atoms with Gasteiger partial charge in [-0.2, -0.15) is 0 Å². The third-order valence-corrected chi connectivity index (χ3v) is 11.5. The van der Waals surface area contributed by atoms with Crippen molar-refractivity contribution >= 4 is 43.1 Å². The van der Waals surface area contributed by atoms with E-state index >= 15 is 0 Å². The first kappa shape index (κ1) is 30.7. The molecule has 0 saturated heterocycles. The highest BCUT2D eigenvalue weighted by Gasteiger charge is 2.22. The van der Waals surface area contributed by atoms with E-state index in [-0.39, 0.29) is 0 Å². The fourth-order valence-electron chi connectivity index (χ4n) is 9.01. The van der Waals surface area contributed by atoms with E-state index < -0.39 is 0 Å². The van der Waals surface area contributed by atoms with Crippen LogP contribution in [0.2, 0.25) is 0 Å². The Morgan fingerprint density at radius 1 is 0.385 bits per heavy atom. The summed E-state index contributed by atoms with van der Waals surface area (Å²) in [5.74, 6) is 0.653. The number of pyridine rings is 1. The molecule has 1 fully saturated rings. The molecule has 0 radical (unpaired) electrons. The lowest BCUT2D eigenvalue weighted by Crippen LogP contribution is -2.05. The van der Waals surface area contributed by atoms with Crippen LogP contribution < -0.4 is 0 Å². The van der Waals surface area contributed by atoms with Crippen molar-refractivity contribution in [3.8, 4) is 44.6 Å². The topological polar surface area (TPSA) is 12.9 Å². The summed E-state index contributed by atoms with van der Waals surface area (Å²) in [6.07, 6.45) is 8.59. The first-order chi connectivity index (χ1) is 25.8. The number of hydrogen-bond acceptors (Lipinski definition) is 1. The summed E-state index contributed by atoms with van der Waals surface area (Å²) in [6.45, 7) is 0. The van der Waals surface area contributed by atoms with Crippen LogP contribution in [-0.4, -0.2) is 4.98 Å². The van der Waals surface area contributed by atoms with Crippen molar-refractivity contribution in [2.45, 2.75) is 38.0 Å². The molecule has 0 spiro atoms. The van der Waals surface area contributed by atoms with Crippen LogP contribution >= 0.6 is 0 Å². The molecule has 0 bridgehead atoms. The molecule has 0 aliphatic heterocycles. The first-order valence-corrected chi connectivity index (χ1v) is 18.8. The van der Waals surface area contributed by atoms with Crippen LogP contribution in [0.5, 0.6) is 0 Å². The fourth-order valence-corrected chi connectivity index (χ4v) is 9.01. The van der Waals surface area contributed by atoms with Crippen LogP contribution in [-0.2, 0) is 0 Å². The van der Waals surface area contributed by atoms with Crippen molar-refractivity contribution in [3.05, 3.63) is 176 Å². The summed E-state index contributed by atoms with van der Waals surface area (Å²) in [7, 11) is 0. The molecule has 0 atom stereocenters. The van der Waals surface area contributed by atoms with E-state index in [1.54, 1.807) is 0 Å². The van der Waals surface area contributed by atoms with Gasteiger partial charge in [-0.15, -0.1) is 0 Å². The van der Waals surface area contributed by atoms with Crippen molar-refractivity contribution in [1.29, 1.82) is 0 Å². The minimum Gasteiger partial charge on any atom is -0.256 e. The van der Waals surface area contributed by atoms with Crippen molar-refractivity contribution in [3.63, 3.8) is 0 Å². The zero-order chi connectivity index (χ0) is 34.4. The highest BCUT2D eigenvalue weighted by Crippen LogP contribution is 2.47. The van der Waals surface area contributed by atoms with Gasteiger partial charge < -0.3 is 0 Å². The molecule has 52 heavy (non-hydrogen) atoms. The van der Waals surface area contributed by atoms with Gasteiger partial charge in [0.25, 0.3) is 0 Å². The Hall–Kier alpha value is -6.05. The van der Waals surface area contributed by atoms with Crippen LogP contribution in [0.4, 0.5) is 0 Å². The summed E-state index contributed by atoms with van der Waals surface area (Å²) in [6, 6.07) is 60.6. The highest BCUT2D eigenvalue weighted by molar-refractivity contribution is 6.23. The van der Waals surface area contributed by atoms with E-state index in [0.29, 0.717) is 5.92 Å². The van der Waals surface area contributed by atoms with E-state index in [0.717, 1.165) is 16.8 Å². The van der Waals surface area contributed by atoms with Gasteiger partial charge in [0.15, 0.2) is 0 Å². The summed E-state index contributed by atoms with van der Waals surface area (Å²) in [5, 5.41) is 10.4. The van der Waals surface area contributed by atoms with Gasteiger partial charge in [0.1, 0.15) is 0 Å². The van der Waals surface area contributed by atoms with E-state index in [2.05, 4.69) is 164 Å². The van der Waals surface area contributed by atoms with Gasteiger partial charge in [-0.05, 0) is 125 Å². The second-order valence-electron chi connectivity index (χ2n) is 14.5. The zero-order valence-electron chi connectivity index (χ0n) is 29.2. The molecule has 1 nitrogen and oxygen atoms in total. The number of benzene rings is 8. The molecule has 1 aromatic heterocycles. The second-order valence-corrected chi connectivity index (χ2v) is 14.5. The molecule has 1 heterocycles. The SMILES string of the molecule is c1cc(-c2ccnc(-c3ccc4ccccc4c3)c2)cc(-c2c3ccccc3c(-c3ccc(C4CCCCC4)c4ccccc34)c3ccccc23)c1. The molecule has 1 aliphatic rings. The zero-order valence-corrected chi connectivity index (χ0v) is 29.2. The predicted molar refractivity (Wildman–Crippen MR) is 222 cm³/mol. The van der Waals surface area contributed by atoms with Gasteiger partial charge in [0.05, 0.1) is 5.69 Å². The minimum atomic E-state index is 0.653. The average Bonchev–Trinajstić information content (AvgIpc) is 3.22. The predicted octanol–water partition coefficient (Wildman–Crippen LogP) is 14.4. The highest BCUT2D eigenvalue weighted by atomic mass is 14.7. The lowest BCUT2D eigenvalue weighted by molar-refractivity contribution is 0.445. The minimum absolute atomic E-state index is 0.653. The van der Waals surface area contributed by atoms with Gasteiger partial charge in [-0.25, -0.2) is 0 Å². The smallest absolute Gasteiger partial charge is 0.0708 e. The number of aromatic nitrogens is 1. The normalized spacial score (nSPS) is 13.7. The van der Waals surface area contributed by atoms with Crippen LogP contribution in [0, 0.1) is 0 Å². The Kier molecular flexibility index (Phi) is 7.64. The van der Waals surface area contributed by atoms with E-state index in [4.69, 9.17) is 4.98 Å². The Morgan fingerprint density at radius 2 is 1.00 bits per heavy atom. The van der Waals surface area contributed by atoms with Gasteiger partial charge in [-0.3, -0.25) is 4.98 Å². The number of hydrogen-bond donors (Lipinski definition) is 0. The summed E-state index contributed by atoms with van der Waals surface area (Å²) >= 11 is 0. The van der Waals surface area contributed by atoms with Gasteiger partial charge in [0.2, 0.25) is 0 Å². The van der Waals surface area contributed by atoms with Gasteiger partial charge >= 0.3 is 0 Å². The molecule has 8 aromatic carbocycles. The van der Waals surface area contributed by atoms with Crippen molar-refractivity contribution in [2.24, 2.45) is 0 Å². The molecule has 0 amide bonds. The third-order valence-electron chi connectivity index (χ3n) is 11.5. The molecule has 10 rings (SSSR count). The van der Waals surface area contributed by atoms with Crippen LogP contribution in [0.1, 0.15) is 43.6 Å². The monoisotopic (exact) mass is 665 g/mol. The Labute approximate surface area is 305 Å². The molecule has 1 saturated carbocycles. The standard InChI is InChI=1S/C51H39N/c1-2-14-35(15-3-1)41-27-28-48(43-20-7-6-19-42(41)43)51-46-23-10-8-21-44(46)50(45-22-9-11-24-47(45)51)40-18-12-17-37(32-40)38-29-30-52-49(33-38)39-26-25-34-13-4-5-16-36(34)31-39/h4-13,16-33,35H,1-3,14-15H2. The Morgan fingerprint density at radius 3 is 1.75 bits per heavy atom.